The second-order valence-corrected chi connectivity index (χ2v) is 12.2. The highest BCUT2D eigenvalue weighted by molar-refractivity contribution is 5.89. The molecule has 4 fully saturated rings. The lowest BCUT2D eigenvalue weighted by atomic mass is 9.56. The van der Waals surface area contributed by atoms with Crippen LogP contribution in [-0.2, 0) is 31.3 Å². The Bertz CT molecular complexity index is 1290. The lowest BCUT2D eigenvalue weighted by molar-refractivity contribution is -0.133. The summed E-state index contributed by atoms with van der Waals surface area (Å²) in [5, 5.41) is 10.8. The normalized spacial score (nSPS) is 28.2. The van der Waals surface area contributed by atoms with E-state index in [0.717, 1.165) is 56.0 Å². The zero-order valence-electron chi connectivity index (χ0n) is 22.3. The highest BCUT2D eigenvalue weighted by atomic mass is 16.5. The van der Waals surface area contributed by atoms with Gasteiger partial charge in [0.25, 0.3) is 0 Å². The first-order valence-electron chi connectivity index (χ1n) is 13.8. The van der Waals surface area contributed by atoms with Crippen molar-refractivity contribution in [2.45, 2.75) is 83.5 Å². The van der Waals surface area contributed by atoms with Gasteiger partial charge in [-0.15, -0.1) is 0 Å². The summed E-state index contributed by atoms with van der Waals surface area (Å²) in [5.74, 6) is 0. The molecule has 192 valence electrons. The number of aryl methyl sites for hydroxylation is 3. The van der Waals surface area contributed by atoms with Crippen LogP contribution in [0.25, 0.3) is 11.0 Å². The number of fused-ring (bicyclic) bond motifs is 5. The van der Waals surface area contributed by atoms with E-state index < -0.39 is 0 Å². The van der Waals surface area contributed by atoms with Crippen LogP contribution in [0, 0.1) is 19.3 Å². The fraction of sp³-hybridized carbons (Fsp3) is 0.679. The van der Waals surface area contributed by atoms with Gasteiger partial charge >= 0.3 is 0 Å². The van der Waals surface area contributed by atoms with Crippen molar-refractivity contribution in [1.82, 2.24) is 29.4 Å². The van der Waals surface area contributed by atoms with Crippen molar-refractivity contribution in [3.63, 3.8) is 0 Å². The van der Waals surface area contributed by atoms with Crippen LogP contribution in [-0.4, -0.2) is 67.8 Å². The topological polar surface area (TPSA) is 64.2 Å². The van der Waals surface area contributed by atoms with Gasteiger partial charge in [0, 0.05) is 55.6 Å². The van der Waals surface area contributed by atoms with Crippen molar-refractivity contribution >= 4 is 16.7 Å². The summed E-state index contributed by atoms with van der Waals surface area (Å²) in [6.07, 6.45) is 11.0. The van der Waals surface area contributed by atoms with Gasteiger partial charge in [-0.25, -0.2) is 4.98 Å². The Morgan fingerprint density at radius 2 is 1.86 bits per heavy atom. The third kappa shape index (κ3) is 3.36. The molecule has 3 aliphatic carbocycles. The van der Waals surface area contributed by atoms with E-state index in [-0.39, 0.29) is 0 Å². The molecule has 1 saturated heterocycles. The van der Waals surface area contributed by atoms with E-state index in [4.69, 9.17) is 14.8 Å². The molecule has 0 amide bonds. The molecule has 3 aromatic rings. The minimum atomic E-state index is 0.413. The molecule has 36 heavy (non-hydrogen) atoms. The molecular weight excluding hydrogens is 450 g/mol. The molecule has 0 radical (unpaired) electrons. The molecule has 3 aromatic heterocycles. The van der Waals surface area contributed by atoms with Crippen LogP contribution in [0.2, 0.25) is 0 Å². The van der Waals surface area contributed by atoms with Crippen LogP contribution in [0.3, 0.4) is 0 Å². The van der Waals surface area contributed by atoms with E-state index in [0.29, 0.717) is 17.0 Å². The molecule has 5 aliphatic rings. The predicted molar refractivity (Wildman–Crippen MR) is 140 cm³/mol. The van der Waals surface area contributed by atoms with Crippen LogP contribution in [0.4, 0.5) is 5.69 Å². The van der Waals surface area contributed by atoms with E-state index >= 15 is 0 Å². The van der Waals surface area contributed by atoms with Gasteiger partial charge in [0.1, 0.15) is 0 Å². The molecule has 3 saturated carbocycles. The van der Waals surface area contributed by atoms with Crippen LogP contribution in [0.1, 0.15) is 61.2 Å². The fourth-order valence-corrected chi connectivity index (χ4v) is 7.64. The monoisotopic (exact) mass is 489 g/mol. The maximum atomic E-state index is 5.50. The number of likely N-dealkylation sites (N-methyl/N-ethyl adjacent to an activating group) is 1. The van der Waals surface area contributed by atoms with Gasteiger partial charge in [-0.05, 0) is 70.9 Å². The van der Waals surface area contributed by atoms with Crippen molar-refractivity contribution in [3.05, 3.63) is 34.9 Å². The molecule has 8 heteroatoms. The molecular formula is C28H39N7O. The maximum Gasteiger partial charge on any atom is 0.159 e. The smallest absolute Gasteiger partial charge is 0.159 e. The zero-order valence-corrected chi connectivity index (χ0v) is 22.3. The number of anilines is 1. The standard InChI is InChI=1S/C28H39N7O/c1-19-13-25(22-14-29-33(4)26(22)30-19)34-12-5-24-23(15-34)20(2)31-35(24)18-27-6-9-28(10-7-27,11-8-27)32(3)21-16-36-17-21/h13-14,21H,5-12,15-18H2,1-4H3. The highest BCUT2D eigenvalue weighted by Crippen LogP contribution is 2.56. The first-order valence-corrected chi connectivity index (χ1v) is 13.8. The number of hydrogen-bond donors (Lipinski definition) is 0. The summed E-state index contributed by atoms with van der Waals surface area (Å²) in [6.45, 7) is 9.14. The minimum absolute atomic E-state index is 0.413. The Hall–Kier alpha value is -2.45. The summed E-state index contributed by atoms with van der Waals surface area (Å²) in [6, 6.07) is 2.85. The lowest BCUT2D eigenvalue weighted by Gasteiger charge is -2.59. The third-order valence-electron chi connectivity index (χ3n) is 10.3. The molecule has 2 aliphatic heterocycles. The first kappa shape index (κ1) is 22.7. The SMILES string of the molecule is Cc1cc(N2CCc3c(c(C)nn3CC34CCC(N(C)C5COC5)(CC3)CC4)C2)c2cnn(C)c2n1. The molecule has 0 atom stereocenters. The van der Waals surface area contributed by atoms with E-state index in [9.17, 15) is 0 Å². The van der Waals surface area contributed by atoms with Gasteiger partial charge in [-0.3, -0.25) is 14.3 Å². The van der Waals surface area contributed by atoms with Crippen LogP contribution in [0.5, 0.6) is 0 Å². The predicted octanol–water partition coefficient (Wildman–Crippen LogP) is 3.77. The molecule has 0 spiro atoms. The van der Waals surface area contributed by atoms with E-state index in [1.807, 2.05) is 17.9 Å². The molecule has 0 aromatic carbocycles. The summed E-state index contributed by atoms with van der Waals surface area (Å²) < 4.78 is 9.80. The third-order valence-corrected chi connectivity index (χ3v) is 10.3. The second kappa shape index (κ2) is 8.02. The average Bonchev–Trinajstić information content (AvgIpc) is 3.37. The van der Waals surface area contributed by atoms with Gasteiger partial charge < -0.3 is 9.64 Å². The largest absolute Gasteiger partial charge is 0.378 e. The number of nitrogens with zero attached hydrogens (tertiary/aromatic N) is 7. The molecule has 0 N–H and O–H groups in total. The summed E-state index contributed by atoms with van der Waals surface area (Å²) in [7, 11) is 4.33. The second-order valence-electron chi connectivity index (χ2n) is 12.2. The van der Waals surface area contributed by atoms with Gasteiger partial charge in [0.2, 0.25) is 0 Å². The zero-order chi connectivity index (χ0) is 24.7. The van der Waals surface area contributed by atoms with Crippen molar-refractivity contribution in [3.8, 4) is 0 Å². The van der Waals surface area contributed by atoms with Crippen LogP contribution >= 0.6 is 0 Å². The molecule has 0 unspecified atom stereocenters. The van der Waals surface area contributed by atoms with Crippen molar-refractivity contribution < 1.29 is 4.74 Å². The van der Waals surface area contributed by atoms with E-state index in [2.05, 4.69) is 46.5 Å². The summed E-state index contributed by atoms with van der Waals surface area (Å²) in [5.41, 5.74) is 8.18. The Balaban J connectivity index is 1.11. The van der Waals surface area contributed by atoms with Gasteiger partial charge in [0.05, 0.1) is 42.2 Å². The number of hydrogen-bond acceptors (Lipinski definition) is 6. The Morgan fingerprint density at radius 3 is 2.56 bits per heavy atom. The molecule has 5 heterocycles. The van der Waals surface area contributed by atoms with Gasteiger partial charge in [0.15, 0.2) is 5.65 Å². The van der Waals surface area contributed by atoms with Crippen molar-refractivity contribution in [1.29, 1.82) is 0 Å². The number of ether oxygens (including phenoxy) is 1. The lowest BCUT2D eigenvalue weighted by Crippen LogP contribution is -2.62. The number of pyridine rings is 1. The van der Waals surface area contributed by atoms with Crippen LogP contribution in [0.15, 0.2) is 12.3 Å². The Morgan fingerprint density at radius 1 is 1.11 bits per heavy atom. The molecule has 8 nitrogen and oxygen atoms in total. The number of aromatic nitrogens is 5. The average molecular weight is 490 g/mol. The van der Waals surface area contributed by atoms with Crippen molar-refractivity contribution in [2.75, 3.05) is 31.7 Å². The van der Waals surface area contributed by atoms with Crippen LogP contribution < -0.4 is 4.90 Å². The summed E-state index contributed by atoms with van der Waals surface area (Å²) in [4.78, 5) is 9.92. The quantitative estimate of drug-likeness (QED) is 0.544. The Labute approximate surface area is 213 Å². The molecule has 8 rings (SSSR count). The van der Waals surface area contributed by atoms with Gasteiger partial charge in [-0.2, -0.15) is 10.2 Å². The Kier molecular flexibility index (Phi) is 5.06. The highest BCUT2D eigenvalue weighted by Gasteiger charge is 2.52. The number of rotatable bonds is 5. The first-order chi connectivity index (χ1) is 17.4. The minimum Gasteiger partial charge on any atom is -0.378 e. The summed E-state index contributed by atoms with van der Waals surface area (Å²) >= 11 is 0. The van der Waals surface area contributed by atoms with Crippen molar-refractivity contribution in [2.24, 2.45) is 12.5 Å². The fourth-order valence-electron chi connectivity index (χ4n) is 7.64. The maximum absolute atomic E-state index is 5.50. The van der Waals surface area contributed by atoms with E-state index in [1.165, 1.54) is 61.2 Å². The van der Waals surface area contributed by atoms with E-state index in [1.54, 1.807) is 0 Å². The molecule has 2 bridgehead atoms. The van der Waals surface area contributed by atoms with Gasteiger partial charge in [-0.1, -0.05) is 0 Å².